The van der Waals surface area contributed by atoms with E-state index in [0.29, 0.717) is 24.6 Å². The number of carbonyl (C=O) groups is 2. The average molecular weight is 308 g/mol. The van der Waals surface area contributed by atoms with Crippen molar-refractivity contribution in [1.29, 1.82) is 0 Å². The van der Waals surface area contributed by atoms with Crippen LogP contribution in [0.2, 0.25) is 0 Å². The predicted octanol–water partition coefficient (Wildman–Crippen LogP) is 1.80. The van der Waals surface area contributed by atoms with Gasteiger partial charge >= 0.3 is 0 Å². The molecule has 0 bridgehead atoms. The number of hydrogen-bond acceptors (Lipinski definition) is 5. The van der Waals surface area contributed by atoms with Crippen LogP contribution in [-0.2, 0) is 9.59 Å². The topological polar surface area (TPSA) is 72.6 Å². The van der Waals surface area contributed by atoms with E-state index in [1.165, 1.54) is 16.7 Å². The minimum atomic E-state index is -0.308. The zero-order valence-corrected chi connectivity index (χ0v) is 12.9. The molecule has 21 heavy (non-hydrogen) atoms. The molecule has 1 saturated heterocycles. The smallest absolute Gasteiger partial charge is 0.247 e. The molecule has 1 fully saturated rings. The number of imide groups is 1. The van der Waals surface area contributed by atoms with Gasteiger partial charge in [-0.1, -0.05) is 6.92 Å². The molecular weight excluding hydrogens is 288 g/mol. The zero-order chi connectivity index (χ0) is 15.2. The monoisotopic (exact) mass is 308 g/mol. The Bertz CT molecular complexity index is 504. The Morgan fingerprint density at radius 3 is 2.67 bits per heavy atom. The summed E-state index contributed by atoms with van der Waals surface area (Å²) >= 11 is 1.45. The summed E-state index contributed by atoms with van der Waals surface area (Å²) in [4.78, 5) is 25.6. The van der Waals surface area contributed by atoms with Gasteiger partial charge in [-0.15, -0.1) is 11.8 Å². The summed E-state index contributed by atoms with van der Waals surface area (Å²) in [5.41, 5.74) is 6.05. The van der Waals surface area contributed by atoms with Crippen LogP contribution in [0, 0.1) is 0 Å². The number of rotatable bonds is 7. The molecule has 1 aromatic rings. The van der Waals surface area contributed by atoms with Gasteiger partial charge in [0.2, 0.25) is 11.8 Å². The summed E-state index contributed by atoms with van der Waals surface area (Å²) in [5.74, 6) is 1.12. The first-order chi connectivity index (χ1) is 10.2. The number of amides is 2. The minimum absolute atomic E-state index is 0.152. The highest BCUT2D eigenvalue weighted by Crippen LogP contribution is 2.30. The van der Waals surface area contributed by atoms with Crippen LogP contribution in [0.15, 0.2) is 24.3 Å². The molecule has 2 rings (SSSR count). The van der Waals surface area contributed by atoms with Crippen LogP contribution in [0.25, 0.3) is 0 Å². The molecule has 5 nitrogen and oxygen atoms in total. The highest BCUT2D eigenvalue weighted by Gasteiger charge is 2.39. The standard InChI is InChI=1S/C15H20N2O3S/c1-2-8-20-12-5-3-11(4-6-12)17-14(18)10-13(15(17)19)21-9-7-16/h3-6,13H,2,7-10,16H2,1H3/t13-/m1/s1. The molecule has 0 radical (unpaired) electrons. The van der Waals surface area contributed by atoms with Crippen LogP contribution in [0.5, 0.6) is 5.75 Å². The maximum absolute atomic E-state index is 12.3. The molecule has 2 N–H and O–H groups in total. The fraction of sp³-hybridized carbons (Fsp3) is 0.467. The van der Waals surface area contributed by atoms with E-state index in [0.717, 1.165) is 12.2 Å². The Morgan fingerprint density at radius 2 is 2.05 bits per heavy atom. The Hall–Kier alpha value is -1.53. The van der Waals surface area contributed by atoms with Gasteiger partial charge in [-0.25, -0.2) is 4.90 Å². The summed E-state index contributed by atoms with van der Waals surface area (Å²) in [6.07, 6.45) is 1.18. The molecule has 1 atom stereocenters. The number of hydrogen-bond donors (Lipinski definition) is 1. The zero-order valence-electron chi connectivity index (χ0n) is 12.1. The highest BCUT2D eigenvalue weighted by atomic mass is 32.2. The molecule has 0 aromatic heterocycles. The maximum atomic E-state index is 12.3. The van der Waals surface area contributed by atoms with E-state index in [9.17, 15) is 9.59 Å². The van der Waals surface area contributed by atoms with Crippen LogP contribution in [0.1, 0.15) is 19.8 Å². The van der Waals surface area contributed by atoms with Gasteiger partial charge < -0.3 is 10.5 Å². The summed E-state index contributed by atoms with van der Waals surface area (Å²) in [6.45, 7) is 3.19. The summed E-state index contributed by atoms with van der Waals surface area (Å²) in [5, 5.41) is -0.308. The van der Waals surface area contributed by atoms with Gasteiger partial charge in [-0.05, 0) is 30.7 Å². The third-order valence-corrected chi connectivity index (χ3v) is 4.35. The number of thioether (sulfide) groups is 1. The van der Waals surface area contributed by atoms with Gasteiger partial charge in [0.05, 0.1) is 17.5 Å². The molecule has 0 spiro atoms. The number of benzene rings is 1. The third-order valence-electron chi connectivity index (χ3n) is 3.11. The lowest BCUT2D eigenvalue weighted by molar-refractivity contribution is -0.121. The largest absolute Gasteiger partial charge is 0.494 e. The number of anilines is 1. The van der Waals surface area contributed by atoms with Crippen LogP contribution < -0.4 is 15.4 Å². The van der Waals surface area contributed by atoms with Crippen molar-refractivity contribution in [2.45, 2.75) is 25.0 Å². The first kappa shape index (κ1) is 15.9. The lowest BCUT2D eigenvalue weighted by Gasteiger charge is -2.15. The number of carbonyl (C=O) groups excluding carboxylic acids is 2. The van der Waals surface area contributed by atoms with E-state index in [4.69, 9.17) is 10.5 Å². The molecule has 1 heterocycles. The van der Waals surface area contributed by atoms with E-state index in [1.807, 2.05) is 6.92 Å². The van der Waals surface area contributed by atoms with Crippen molar-refractivity contribution in [1.82, 2.24) is 0 Å². The number of nitrogens with two attached hydrogens (primary N) is 1. The number of ether oxygens (including phenoxy) is 1. The average Bonchev–Trinajstić information content (AvgIpc) is 2.78. The fourth-order valence-corrected chi connectivity index (χ4v) is 3.06. The van der Waals surface area contributed by atoms with Crippen molar-refractivity contribution in [2.24, 2.45) is 5.73 Å². The Labute approximate surface area is 128 Å². The first-order valence-electron chi connectivity index (χ1n) is 7.08. The fourth-order valence-electron chi connectivity index (χ4n) is 2.13. The van der Waals surface area contributed by atoms with Gasteiger partial charge in [0.25, 0.3) is 0 Å². The Morgan fingerprint density at radius 1 is 1.33 bits per heavy atom. The van der Waals surface area contributed by atoms with Crippen LogP contribution in [-0.4, -0.2) is 36.0 Å². The van der Waals surface area contributed by atoms with Crippen molar-refractivity contribution >= 4 is 29.3 Å². The number of nitrogens with zero attached hydrogens (tertiary/aromatic N) is 1. The van der Waals surface area contributed by atoms with Gasteiger partial charge in [-0.3, -0.25) is 9.59 Å². The van der Waals surface area contributed by atoms with E-state index >= 15 is 0 Å². The maximum Gasteiger partial charge on any atom is 0.247 e. The SMILES string of the molecule is CCCOc1ccc(N2C(=O)C[C@@H](SCCN)C2=O)cc1. The normalized spacial score (nSPS) is 18.4. The third kappa shape index (κ3) is 3.77. The van der Waals surface area contributed by atoms with E-state index in [1.54, 1.807) is 24.3 Å². The first-order valence-corrected chi connectivity index (χ1v) is 8.13. The molecule has 0 unspecified atom stereocenters. The molecule has 0 saturated carbocycles. The van der Waals surface area contributed by atoms with Crippen molar-refractivity contribution in [3.63, 3.8) is 0 Å². The van der Waals surface area contributed by atoms with Crippen molar-refractivity contribution in [3.8, 4) is 5.75 Å². The second-order valence-electron chi connectivity index (χ2n) is 4.76. The van der Waals surface area contributed by atoms with Crippen LogP contribution in [0.4, 0.5) is 5.69 Å². The molecule has 1 aromatic carbocycles. The summed E-state index contributed by atoms with van der Waals surface area (Å²) in [6, 6.07) is 7.06. The predicted molar refractivity (Wildman–Crippen MR) is 84.6 cm³/mol. The second kappa shape index (κ2) is 7.47. The van der Waals surface area contributed by atoms with E-state index < -0.39 is 0 Å². The molecule has 2 amide bonds. The highest BCUT2D eigenvalue weighted by molar-refractivity contribution is 8.00. The molecular formula is C15H20N2O3S. The second-order valence-corrected chi connectivity index (χ2v) is 6.07. The minimum Gasteiger partial charge on any atom is -0.494 e. The molecule has 0 aliphatic carbocycles. The van der Waals surface area contributed by atoms with Gasteiger partial charge in [0.1, 0.15) is 5.75 Å². The molecule has 1 aliphatic rings. The quantitative estimate of drug-likeness (QED) is 0.778. The summed E-state index contributed by atoms with van der Waals surface area (Å²) in [7, 11) is 0. The lowest BCUT2D eigenvalue weighted by atomic mass is 10.3. The van der Waals surface area contributed by atoms with Gasteiger partial charge in [0.15, 0.2) is 0 Å². The lowest BCUT2D eigenvalue weighted by Crippen LogP contribution is -2.31. The van der Waals surface area contributed by atoms with E-state index in [-0.39, 0.29) is 23.5 Å². The van der Waals surface area contributed by atoms with Crippen LogP contribution in [0.3, 0.4) is 0 Å². The van der Waals surface area contributed by atoms with E-state index in [2.05, 4.69) is 0 Å². The Kier molecular flexibility index (Phi) is 5.64. The molecule has 6 heteroatoms. The molecule has 114 valence electrons. The Balaban J connectivity index is 2.06. The van der Waals surface area contributed by atoms with Gasteiger partial charge in [0, 0.05) is 18.7 Å². The van der Waals surface area contributed by atoms with Crippen molar-refractivity contribution < 1.29 is 14.3 Å². The molecule has 1 aliphatic heterocycles. The van der Waals surface area contributed by atoms with Crippen molar-refractivity contribution in [3.05, 3.63) is 24.3 Å². The summed E-state index contributed by atoms with van der Waals surface area (Å²) < 4.78 is 5.49. The van der Waals surface area contributed by atoms with Crippen LogP contribution >= 0.6 is 11.8 Å². The van der Waals surface area contributed by atoms with Gasteiger partial charge in [-0.2, -0.15) is 0 Å². The van der Waals surface area contributed by atoms with Crippen molar-refractivity contribution in [2.75, 3.05) is 23.8 Å².